The summed E-state index contributed by atoms with van der Waals surface area (Å²) in [6.07, 6.45) is 1.47. The van der Waals surface area contributed by atoms with Crippen molar-refractivity contribution >= 4 is 5.97 Å². The number of allylic oxidation sites excluding steroid dienone is 1. The molecule has 0 fully saturated rings. The molecule has 2 heteroatoms. The second-order valence-corrected chi connectivity index (χ2v) is 4.93. The van der Waals surface area contributed by atoms with Crippen molar-refractivity contribution in [2.45, 2.75) is 20.0 Å². The first kappa shape index (κ1) is 12.7. The molecule has 0 N–H and O–H groups in total. The van der Waals surface area contributed by atoms with E-state index in [4.69, 9.17) is 4.74 Å². The van der Waals surface area contributed by atoms with Gasteiger partial charge in [0.25, 0.3) is 0 Å². The Labute approximate surface area is 118 Å². The van der Waals surface area contributed by atoms with Crippen molar-refractivity contribution in [2.24, 2.45) is 0 Å². The second kappa shape index (κ2) is 4.97. The van der Waals surface area contributed by atoms with Crippen molar-refractivity contribution in [1.82, 2.24) is 0 Å². The maximum atomic E-state index is 12.1. The van der Waals surface area contributed by atoms with Crippen LogP contribution in [0.2, 0.25) is 0 Å². The molecule has 0 radical (unpaired) electrons. The third-order valence-corrected chi connectivity index (χ3v) is 3.76. The summed E-state index contributed by atoms with van der Waals surface area (Å²) in [7, 11) is 0. The molecular formula is C18H16O2. The lowest BCUT2D eigenvalue weighted by Gasteiger charge is -2.15. The number of hydrogen-bond donors (Lipinski definition) is 0. The van der Waals surface area contributed by atoms with Crippen LogP contribution in [-0.2, 0) is 9.53 Å². The van der Waals surface area contributed by atoms with Gasteiger partial charge in [0.2, 0.25) is 0 Å². The number of carbonyl (C=O) groups is 1. The SMILES string of the molecule is CC=C(C)C(=O)OC1c2ccccc2-c2ccccc21. The van der Waals surface area contributed by atoms with E-state index < -0.39 is 0 Å². The van der Waals surface area contributed by atoms with E-state index in [1.807, 2.05) is 43.3 Å². The van der Waals surface area contributed by atoms with Gasteiger partial charge in [-0.25, -0.2) is 4.79 Å². The highest BCUT2D eigenvalue weighted by Gasteiger charge is 2.31. The van der Waals surface area contributed by atoms with Crippen LogP contribution in [0, 0.1) is 0 Å². The van der Waals surface area contributed by atoms with E-state index in [9.17, 15) is 4.79 Å². The maximum absolute atomic E-state index is 12.1. The van der Waals surface area contributed by atoms with Gasteiger partial charge in [-0.05, 0) is 25.0 Å². The third-order valence-electron chi connectivity index (χ3n) is 3.76. The van der Waals surface area contributed by atoms with Gasteiger partial charge in [0.1, 0.15) is 0 Å². The monoisotopic (exact) mass is 264 g/mol. The van der Waals surface area contributed by atoms with Crippen LogP contribution in [0.1, 0.15) is 31.1 Å². The molecule has 0 unspecified atom stereocenters. The van der Waals surface area contributed by atoms with Crippen LogP contribution in [0.5, 0.6) is 0 Å². The summed E-state index contributed by atoms with van der Waals surface area (Å²) in [4.78, 5) is 12.1. The molecule has 2 aromatic carbocycles. The highest BCUT2D eigenvalue weighted by molar-refractivity contribution is 5.89. The van der Waals surface area contributed by atoms with Crippen molar-refractivity contribution in [3.8, 4) is 11.1 Å². The Morgan fingerprint density at radius 3 is 2.00 bits per heavy atom. The van der Waals surface area contributed by atoms with Crippen LogP contribution in [0.15, 0.2) is 60.2 Å². The smallest absolute Gasteiger partial charge is 0.334 e. The molecule has 0 saturated carbocycles. The predicted octanol–water partition coefficient (Wildman–Crippen LogP) is 4.27. The third kappa shape index (κ3) is 1.94. The number of ether oxygens (including phenoxy) is 1. The Morgan fingerprint density at radius 1 is 1.00 bits per heavy atom. The highest BCUT2D eigenvalue weighted by atomic mass is 16.5. The van der Waals surface area contributed by atoms with E-state index in [1.54, 1.807) is 13.0 Å². The summed E-state index contributed by atoms with van der Waals surface area (Å²) in [6, 6.07) is 16.2. The number of carbonyl (C=O) groups excluding carboxylic acids is 1. The molecule has 0 amide bonds. The summed E-state index contributed by atoms with van der Waals surface area (Å²) in [6.45, 7) is 3.61. The average Bonchev–Trinajstić information content (AvgIpc) is 2.81. The summed E-state index contributed by atoms with van der Waals surface area (Å²) >= 11 is 0. The van der Waals surface area contributed by atoms with Gasteiger partial charge in [-0.3, -0.25) is 0 Å². The van der Waals surface area contributed by atoms with Crippen molar-refractivity contribution in [1.29, 1.82) is 0 Å². The zero-order valence-corrected chi connectivity index (χ0v) is 11.6. The van der Waals surface area contributed by atoms with Crippen molar-refractivity contribution in [2.75, 3.05) is 0 Å². The minimum Gasteiger partial charge on any atom is -0.449 e. The lowest BCUT2D eigenvalue weighted by Crippen LogP contribution is -2.11. The average molecular weight is 264 g/mol. The molecule has 2 nitrogen and oxygen atoms in total. The first-order chi connectivity index (χ1) is 9.72. The van der Waals surface area contributed by atoms with E-state index in [0.29, 0.717) is 5.57 Å². The Bertz CT molecular complexity index is 653. The van der Waals surface area contributed by atoms with E-state index >= 15 is 0 Å². The molecule has 0 aromatic heterocycles. The lowest BCUT2D eigenvalue weighted by atomic mass is 10.1. The number of esters is 1. The van der Waals surface area contributed by atoms with Crippen molar-refractivity contribution in [3.63, 3.8) is 0 Å². The van der Waals surface area contributed by atoms with E-state index in [2.05, 4.69) is 12.1 Å². The molecule has 1 aliphatic rings. The summed E-state index contributed by atoms with van der Waals surface area (Å²) in [5.41, 5.74) is 5.06. The first-order valence-electron chi connectivity index (χ1n) is 6.74. The minimum absolute atomic E-state index is 0.260. The largest absolute Gasteiger partial charge is 0.449 e. The highest BCUT2D eigenvalue weighted by Crippen LogP contribution is 2.45. The Kier molecular flexibility index (Phi) is 3.15. The molecule has 0 spiro atoms. The fourth-order valence-corrected chi connectivity index (χ4v) is 2.55. The second-order valence-electron chi connectivity index (χ2n) is 4.93. The van der Waals surface area contributed by atoms with Crippen LogP contribution in [0.4, 0.5) is 0 Å². The normalized spacial score (nSPS) is 13.8. The van der Waals surface area contributed by atoms with Gasteiger partial charge in [-0.2, -0.15) is 0 Å². The van der Waals surface area contributed by atoms with Gasteiger partial charge in [0.15, 0.2) is 6.10 Å². The van der Waals surface area contributed by atoms with Gasteiger partial charge in [-0.1, -0.05) is 54.6 Å². The standard InChI is InChI=1S/C18H16O2/c1-3-12(2)18(19)20-17-15-10-6-4-8-13(15)14-9-5-7-11-16(14)17/h3-11,17H,1-2H3. The van der Waals surface area contributed by atoms with Crippen LogP contribution in [0.3, 0.4) is 0 Å². The Balaban J connectivity index is 2.05. The molecule has 0 atom stereocenters. The number of fused-ring (bicyclic) bond motifs is 3. The van der Waals surface area contributed by atoms with E-state index in [1.165, 1.54) is 0 Å². The topological polar surface area (TPSA) is 26.3 Å². The summed E-state index contributed by atoms with van der Waals surface area (Å²) in [5.74, 6) is -0.260. The molecule has 100 valence electrons. The minimum atomic E-state index is -0.301. The predicted molar refractivity (Wildman–Crippen MR) is 79.2 cm³/mol. The zero-order chi connectivity index (χ0) is 14.1. The zero-order valence-electron chi connectivity index (χ0n) is 11.6. The maximum Gasteiger partial charge on any atom is 0.334 e. The molecule has 0 bridgehead atoms. The van der Waals surface area contributed by atoms with Crippen LogP contribution in [-0.4, -0.2) is 5.97 Å². The van der Waals surface area contributed by atoms with Crippen molar-refractivity contribution < 1.29 is 9.53 Å². The molecule has 2 aromatic rings. The van der Waals surface area contributed by atoms with Gasteiger partial charge in [-0.15, -0.1) is 0 Å². The van der Waals surface area contributed by atoms with Crippen LogP contribution < -0.4 is 0 Å². The fourth-order valence-electron chi connectivity index (χ4n) is 2.55. The van der Waals surface area contributed by atoms with E-state index in [-0.39, 0.29) is 12.1 Å². The summed E-state index contributed by atoms with van der Waals surface area (Å²) in [5, 5.41) is 0. The molecule has 0 heterocycles. The van der Waals surface area contributed by atoms with E-state index in [0.717, 1.165) is 22.3 Å². The van der Waals surface area contributed by atoms with Crippen molar-refractivity contribution in [3.05, 3.63) is 71.3 Å². The molecule has 0 aliphatic heterocycles. The van der Waals surface area contributed by atoms with Gasteiger partial charge in [0.05, 0.1) is 0 Å². The first-order valence-corrected chi connectivity index (χ1v) is 6.74. The van der Waals surface area contributed by atoms with Gasteiger partial charge >= 0.3 is 5.97 Å². The fraction of sp³-hybridized carbons (Fsp3) is 0.167. The summed E-state index contributed by atoms with van der Waals surface area (Å²) < 4.78 is 5.71. The Morgan fingerprint density at radius 2 is 1.50 bits per heavy atom. The molecule has 3 rings (SSSR count). The van der Waals surface area contributed by atoms with Gasteiger partial charge < -0.3 is 4.74 Å². The number of benzene rings is 2. The molecule has 20 heavy (non-hydrogen) atoms. The molecular weight excluding hydrogens is 248 g/mol. The lowest BCUT2D eigenvalue weighted by molar-refractivity contribution is -0.142. The van der Waals surface area contributed by atoms with Crippen LogP contribution in [0.25, 0.3) is 11.1 Å². The molecule has 0 saturated heterocycles. The van der Waals surface area contributed by atoms with Gasteiger partial charge in [0, 0.05) is 16.7 Å². The molecule has 1 aliphatic carbocycles. The number of hydrogen-bond acceptors (Lipinski definition) is 2. The van der Waals surface area contributed by atoms with Crippen LogP contribution >= 0.6 is 0 Å². The number of rotatable bonds is 2. The Hall–Kier alpha value is -2.35. The quantitative estimate of drug-likeness (QED) is 0.598.